The second-order valence-electron chi connectivity index (χ2n) is 4.75. The summed E-state index contributed by atoms with van der Waals surface area (Å²) in [7, 11) is 0. The molecule has 0 aliphatic heterocycles. The van der Waals surface area contributed by atoms with E-state index in [2.05, 4.69) is 0 Å². The van der Waals surface area contributed by atoms with E-state index < -0.39 is 0 Å². The van der Waals surface area contributed by atoms with Crippen molar-refractivity contribution in [2.45, 2.75) is 39.5 Å². The van der Waals surface area contributed by atoms with Gasteiger partial charge in [0.15, 0.2) is 0 Å². The highest BCUT2D eigenvalue weighted by molar-refractivity contribution is 5.70. The molecule has 22 heavy (non-hydrogen) atoms. The Bertz CT molecular complexity index is 285. The molecule has 0 unspecified atom stereocenters. The predicted molar refractivity (Wildman–Crippen MR) is 83.3 cm³/mol. The SMILES string of the molecule is CCN(CCN)OC(=O)CCCCC(=O)ON(CC)CCN. The topological polar surface area (TPSA) is 111 Å². The van der Waals surface area contributed by atoms with E-state index in [4.69, 9.17) is 21.1 Å². The number of carbonyl (C=O) groups excluding carboxylic acids is 2. The minimum Gasteiger partial charge on any atom is -0.368 e. The molecule has 0 aromatic carbocycles. The molecule has 0 saturated heterocycles. The van der Waals surface area contributed by atoms with Crippen molar-refractivity contribution < 1.29 is 19.3 Å². The number of hydrogen-bond acceptors (Lipinski definition) is 8. The van der Waals surface area contributed by atoms with Crippen molar-refractivity contribution in [3.63, 3.8) is 0 Å². The molecule has 8 nitrogen and oxygen atoms in total. The smallest absolute Gasteiger partial charge is 0.325 e. The molecule has 0 rings (SSSR count). The summed E-state index contributed by atoms with van der Waals surface area (Å²) in [6.07, 6.45) is 1.71. The zero-order valence-electron chi connectivity index (χ0n) is 13.8. The molecular formula is C14H30N4O4. The van der Waals surface area contributed by atoms with E-state index in [0.29, 0.717) is 52.1 Å². The molecule has 0 heterocycles. The first-order valence-electron chi connectivity index (χ1n) is 7.88. The van der Waals surface area contributed by atoms with Crippen LogP contribution in [0.3, 0.4) is 0 Å². The van der Waals surface area contributed by atoms with Crippen LogP contribution in [-0.2, 0) is 19.3 Å². The van der Waals surface area contributed by atoms with Crippen LogP contribution in [0.5, 0.6) is 0 Å². The van der Waals surface area contributed by atoms with Gasteiger partial charge in [0.2, 0.25) is 0 Å². The van der Waals surface area contributed by atoms with Crippen LogP contribution in [0.4, 0.5) is 0 Å². The fourth-order valence-corrected chi connectivity index (χ4v) is 1.74. The molecule has 0 saturated carbocycles. The third kappa shape index (κ3) is 10.5. The highest BCUT2D eigenvalue weighted by Gasteiger charge is 2.12. The quantitative estimate of drug-likeness (QED) is 0.361. The lowest BCUT2D eigenvalue weighted by atomic mass is 10.2. The van der Waals surface area contributed by atoms with Crippen molar-refractivity contribution in [3.05, 3.63) is 0 Å². The minimum atomic E-state index is -0.304. The van der Waals surface area contributed by atoms with Gasteiger partial charge in [-0.05, 0) is 26.7 Å². The predicted octanol–water partition coefficient (Wildman–Crippen LogP) is 0.0244. The van der Waals surface area contributed by atoms with Crippen LogP contribution in [0.25, 0.3) is 0 Å². The van der Waals surface area contributed by atoms with Gasteiger partial charge >= 0.3 is 11.9 Å². The molecular weight excluding hydrogens is 288 g/mol. The molecule has 0 fully saturated rings. The van der Waals surface area contributed by atoms with Gasteiger partial charge in [0.05, 0.1) is 0 Å². The van der Waals surface area contributed by atoms with Gasteiger partial charge in [-0.1, -0.05) is 0 Å². The molecule has 0 atom stereocenters. The zero-order valence-corrected chi connectivity index (χ0v) is 13.8. The number of hydroxylamine groups is 4. The average molecular weight is 318 g/mol. The zero-order chi connectivity index (χ0) is 16.8. The van der Waals surface area contributed by atoms with Crippen molar-refractivity contribution in [2.75, 3.05) is 39.3 Å². The van der Waals surface area contributed by atoms with Gasteiger partial charge in [0, 0.05) is 52.1 Å². The van der Waals surface area contributed by atoms with Crippen LogP contribution in [-0.4, -0.2) is 61.3 Å². The monoisotopic (exact) mass is 318 g/mol. The first kappa shape index (κ1) is 20.8. The third-order valence-corrected chi connectivity index (χ3v) is 2.94. The average Bonchev–Trinajstić information content (AvgIpc) is 2.50. The number of hydrogen-bond donors (Lipinski definition) is 2. The highest BCUT2D eigenvalue weighted by Crippen LogP contribution is 2.05. The van der Waals surface area contributed by atoms with Crippen molar-refractivity contribution in [2.24, 2.45) is 11.5 Å². The van der Waals surface area contributed by atoms with Gasteiger partial charge in [0.1, 0.15) is 0 Å². The van der Waals surface area contributed by atoms with Crippen molar-refractivity contribution in [1.82, 2.24) is 10.1 Å². The molecule has 0 amide bonds. The van der Waals surface area contributed by atoms with Crippen LogP contribution >= 0.6 is 0 Å². The van der Waals surface area contributed by atoms with Crippen molar-refractivity contribution >= 4 is 11.9 Å². The van der Waals surface area contributed by atoms with Gasteiger partial charge in [0.25, 0.3) is 0 Å². The first-order valence-corrected chi connectivity index (χ1v) is 7.88. The summed E-state index contributed by atoms with van der Waals surface area (Å²) in [5.74, 6) is -0.607. The summed E-state index contributed by atoms with van der Waals surface area (Å²) in [5, 5.41) is 3.06. The Kier molecular flexibility index (Phi) is 12.7. The Morgan fingerprint density at radius 2 is 1.18 bits per heavy atom. The summed E-state index contributed by atoms with van der Waals surface area (Å²) in [6, 6.07) is 0. The second kappa shape index (κ2) is 13.4. The van der Waals surface area contributed by atoms with Crippen molar-refractivity contribution in [3.8, 4) is 0 Å². The van der Waals surface area contributed by atoms with Crippen LogP contribution < -0.4 is 11.5 Å². The summed E-state index contributed by atoms with van der Waals surface area (Å²) >= 11 is 0. The number of nitrogens with two attached hydrogens (primary N) is 2. The Morgan fingerprint density at radius 1 is 0.818 bits per heavy atom. The summed E-state index contributed by atoms with van der Waals surface area (Å²) < 4.78 is 0. The molecule has 0 spiro atoms. The summed E-state index contributed by atoms with van der Waals surface area (Å²) in [5.41, 5.74) is 10.8. The standard InChI is InChI=1S/C14H30N4O4/c1-3-17(11-9-15)21-13(19)7-5-6-8-14(20)22-18(4-2)12-10-16/h3-12,15-16H2,1-2H3. The molecule has 0 bridgehead atoms. The molecule has 0 radical (unpaired) electrons. The van der Waals surface area contributed by atoms with E-state index in [1.54, 1.807) is 0 Å². The Morgan fingerprint density at radius 3 is 1.45 bits per heavy atom. The first-order chi connectivity index (χ1) is 10.6. The fraction of sp³-hybridized carbons (Fsp3) is 0.857. The van der Waals surface area contributed by atoms with Crippen LogP contribution in [0, 0.1) is 0 Å². The molecule has 0 aromatic rings. The van der Waals surface area contributed by atoms with Gasteiger partial charge < -0.3 is 21.1 Å². The van der Waals surface area contributed by atoms with Crippen LogP contribution in [0.15, 0.2) is 0 Å². The van der Waals surface area contributed by atoms with Crippen molar-refractivity contribution in [1.29, 1.82) is 0 Å². The van der Waals surface area contributed by atoms with E-state index >= 15 is 0 Å². The van der Waals surface area contributed by atoms with Gasteiger partial charge in [-0.3, -0.25) is 9.59 Å². The largest absolute Gasteiger partial charge is 0.368 e. The minimum absolute atomic E-state index is 0.272. The molecule has 0 aromatic heterocycles. The lowest BCUT2D eigenvalue weighted by molar-refractivity contribution is -0.191. The Hall–Kier alpha value is -1.22. The van der Waals surface area contributed by atoms with Crippen LogP contribution in [0.2, 0.25) is 0 Å². The lowest BCUT2D eigenvalue weighted by Gasteiger charge is -2.19. The van der Waals surface area contributed by atoms with E-state index in [0.717, 1.165) is 0 Å². The molecule has 0 aliphatic rings. The van der Waals surface area contributed by atoms with E-state index in [9.17, 15) is 9.59 Å². The number of carbonyl (C=O) groups is 2. The maximum absolute atomic E-state index is 11.6. The number of likely N-dealkylation sites (N-methyl/N-ethyl adjacent to an activating group) is 2. The summed E-state index contributed by atoms with van der Waals surface area (Å²) in [4.78, 5) is 33.5. The fourth-order valence-electron chi connectivity index (χ4n) is 1.74. The Labute approximate surface area is 132 Å². The number of unbranched alkanes of at least 4 members (excludes halogenated alkanes) is 1. The van der Waals surface area contributed by atoms with Crippen LogP contribution in [0.1, 0.15) is 39.5 Å². The molecule has 4 N–H and O–H groups in total. The Balaban J connectivity index is 3.78. The summed E-state index contributed by atoms with van der Waals surface area (Å²) in [6.45, 7) is 6.88. The molecule has 8 heteroatoms. The molecule has 0 aliphatic carbocycles. The van der Waals surface area contributed by atoms with Gasteiger partial charge in [-0.25, -0.2) is 0 Å². The van der Waals surface area contributed by atoms with E-state index in [1.165, 1.54) is 10.1 Å². The maximum atomic E-state index is 11.6. The third-order valence-electron chi connectivity index (χ3n) is 2.94. The number of nitrogens with zero attached hydrogens (tertiary/aromatic N) is 2. The van der Waals surface area contributed by atoms with E-state index in [-0.39, 0.29) is 24.8 Å². The number of rotatable bonds is 13. The normalized spacial score (nSPS) is 11.0. The van der Waals surface area contributed by atoms with Gasteiger partial charge in [-0.15, -0.1) is 10.1 Å². The highest BCUT2D eigenvalue weighted by atomic mass is 16.7. The second-order valence-corrected chi connectivity index (χ2v) is 4.75. The van der Waals surface area contributed by atoms with Gasteiger partial charge in [-0.2, -0.15) is 0 Å². The van der Waals surface area contributed by atoms with E-state index in [1.807, 2.05) is 13.8 Å². The maximum Gasteiger partial charge on any atom is 0.325 e. The molecule has 130 valence electrons. The lowest BCUT2D eigenvalue weighted by Crippen LogP contribution is -2.32.